The third-order valence-electron chi connectivity index (χ3n) is 7.89. The number of carboxylic acid groups (broad SMARTS) is 1. The van der Waals surface area contributed by atoms with Crippen molar-refractivity contribution in [3.05, 3.63) is 11.6 Å². The molecule has 0 aromatic rings. The van der Waals surface area contributed by atoms with Gasteiger partial charge in [0.2, 0.25) is 0 Å². The lowest BCUT2D eigenvalue weighted by molar-refractivity contribution is -0.434. The summed E-state index contributed by atoms with van der Waals surface area (Å²) in [6.45, 7) is 8.74. The smallest absolute Gasteiger partial charge is 0.309 e. The number of carbonyl (C=O) groups is 1. The maximum Gasteiger partial charge on any atom is 0.309 e. The van der Waals surface area contributed by atoms with Gasteiger partial charge in [0.15, 0.2) is 0 Å². The highest BCUT2D eigenvalue weighted by molar-refractivity contribution is 5.75. The molecule has 2 unspecified atom stereocenters. The Kier molecular flexibility index (Phi) is 3.51. The Morgan fingerprint density at radius 2 is 2.00 bits per heavy atom. The first-order chi connectivity index (χ1) is 11.2. The van der Waals surface area contributed by atoms with Crippen molar-refractivity contribution >= 4 is 5.97 Å². The summed E-state index contributed by atoms with van der Waals surface area (Å²) in [4.78, 5) is 23.8. The molecule has 4 heteroatoms. The van der Waals surface area contributed by atoms with Crippen LogP contribution in [0.2, 0.25) is 0 Å². The van der Waals surface area contributed by atoms with Gasteiger partial charge in [0, 0.05) is 5.92 Å². The van der Waals surface area contributed by atoms with Gasteiger partial charge in [-0.15, -0.1) is 0 Å². The number of rotatable bonds is 2. The zero-order valence-corrected chi connectivity index (χ0v) is 15.3. The Bertz CT molecular complexity index is 596. The van der Waals surface area contributed by atoms with Crippen molar-refractivity contribution in [1.29, 1.82) is 0 Å². The van der Waals surface area contributed by atoms with Crippen molar-refractivity contribution < 1.29 is 19.7 Å². The molecule has 4 nitrogen and oxygen atoms in total. The maximum absolute atomic E-state index is 12.1. The molecule has 2 saturated carbocycles. The summed E-state index contributed by atoms with van der Waals surface area (Å²) < 4.78 is 0. The van der Waals surface area contributed by atoms with Gasteiger partial charge < -0.3 is 5.11 Å². The largest absolute Gasteiger partial charge is 0.481 e. The van der Waals surface area contributed by atoms with E-state index in [1.807, 2.05) is 6.92 Å². The lowest BCUT2D eigenvalue weighted by Gasteiger charge is -2.64. The molecule has 0 amide bonds. The second kappa shape index (κ2) is 5.07. The molecule has 2 aliphatic heterocycles. The van der Waals surface area contributed by atoms with Crippen molar-refractivity contribution in [1.82, 2.24) is 0 Å². The van der Waals surface area contributed by atoms with E-state index in [2.05, 4.69) is 26.8 Å². The van der Waals surface area contributed by atoms with Crippen LogP contribution in [0.15, 0.2) is 11.6 Å². The zero-order chi connectivity index (χ0) is 17.3. The number of aliphatic carboxylic acids is 1. The van der Waals surface area contributed by atoms with E-state index >= 15 is 0 Å². The first kappa shape index (κ1) is 16.6. The maximum atomic E-state index is 12.1. The summed E-state index contributed by atoms with van der Waals surface area (Å²) in [6.07, 6.45) is 8.07. The van der Waals surface area contributed by atoms with Crippen molar-refractivity contribution in [3.63, 3.8) is 0 Å². The van der Waals surface area contributed by atoms with Crippen LogP contribution in [-0.4, -0.2) is 22.8 Å². The highest BCUT2D eigenvalue weighted by Gasteiger charge is 2.66. The minimum absolute atomic E-state index is 0.0185. The first-order valence-corrected chi connectivity index (χ1v) is 9.53. The summed E-state index contributed by atoms with van der Waals surface area (Å²) in [5.74, 6) is 0.443. The van der Waals surface area contributed by atoms with Crippen LogP contribution in [-0.2, 0) is 14.6 Å². The number of hydrogen-bond donors (Lipinski definition) is 1. The van der Waals surface area contributed by atoms with Gasteiger partial charge in [0.05, 0.1) is 5.41 Å². The van der Waals surface area contributed by atoms with Gasteiger partial charge in [-0.05, 0) is 67.9 Å². The molecule has 24 heavy (non-hydrogen) atoms. The second-order valence-corrected chi connectivity index (χ2v) is 9.38. The number of fused-ring (bicyclic) bond motifs is 2. The van der Waals surface area contributed by atoms with Crippen molar-refractivity contribution in [2.24, 2.45) is 28.6 Å². The molecule has 1 spiro atoms. The summed E-state index contributed by atoms with van der Waals surface area (Å²) in [5, 5.41) is 9.92. The highest BCUT2D eigenvalue weighted by atomic mass is 17.2. The Morgan fingerprint density at radius 1 is 1.25 bits per heavy atom. The highest BCUT2D eigenvalue weighted by Crippen LogP contribution is 2.66. The minimum Gasteiger partial charge on any atom is -0.481 e. The van der Waals surface area contributed by atoms with E-state index in [0.29, 0.717) is 11.8 Å². The van der Waals surface area contributed by atoms with Gasteiger partial charge in [-0.1, -0.05) is 27.2 Å². The first-order valence-electron chi connectivity index (χ1n) is 9.53. The summed E-state index contributed by atoms with van der Waals surface area (Å²) in [7, 11) is 0. The van der Waals surface area contributed by atoms with E-state index in [1.165, 1.54) is 5.57 Å². The fourth-order valence-electron chi connectivity index (χ4n) is 6.61. The fraction of sp³-hybridized carbons (Fsp3) is 0.850. The molecule has 2 heterocycles. The topological polar surface area (TPSA) is 55.8 Å². The Labute approximate surface area is 144 Å². The van der Waals surface area contributed by atoms with Gasteiger partial charge in [0.25, 0.3) is 0 Å². The van der Waals surface area contributed by atoms with Gasteiger partial charge in [0.1, 0.15) is 11.7 Å². The Balaban J connectivity index is 1.76. The SMILES string of the molecule is CC(C)C1=C[C@@]23CCC4[C@](C)(CCC[C@@]4(C)C(=O)O)C2C[C@@H]1OO3. The summed E-state index contributed by atoms with van der Waals surface area (Å²) in [6, 6.07) is 0. The molecule has 1 saturated heterocycles. The third kappa shape index (κ3) is 1.96. The van der Waals surface area contributed by atoms with Gasteiger partial charge in [-0.25, -0.2) is 9.78 Å². The lowest BCUT2D eigenvalue weighted by Crippen LogP contribution is -2.65. The summed E-state index contributed by atoms with van der Waals surface area (Å²) in [5.41, 5.74) is 0.453. The molecule has 5 aliphatic rings. The quantitative estimate of drug-likeness (QED) is 0.602. The standard InChI is InChI=1S/C20H30O4/c1-12(2)13-11-20-9-6-15-18(3,16(20)10-14(13)23-24-20)7-5-8-19(15,4)17(21)22/h11-12,14-16H,5-10H2,1-4H3,(H,21,22)/t14-,15?,16?,18-,19+,20-/m0/s1. The molecule has 0 aromatic heterocycles. The molecule has 0 aromatic carbocycles. The Morgan fingerprint density at radius 3 is 2.67 bits per heavy atom. The van der Waals surface area contributed by atoms with Gasteiger partial charge >= 0.3 is 5.97 Å². The molecule has 134 valence electrons. The lowest BCUT2D eigenvalue weighted by atomic mass is 9.43. The van der Waals surface area contributed by atoms with E-state index in [1.54, 1.807) is 0 Å². The molecule has 1 N–H and O–H groups in total. The molecule has 5 rings (SSSR count). The van der Waals surface area contributed by atoms with Crippen LogP contribution < -0.4 is 0 Å². The van der Waals surface area contributed by atoms with E-state index in [9.17, 15) is 9.90 Å². The van der Waals surface area contributed by atoms with Gasteiger partial charge in [-0.3, -0.25) is 4.79 Å². The average molecular weight is 334 g/mol. The van der Waals surface area contributed by atoms with E-state index in [0.717, 1.165) is 38.5 Å². The predicted octanol–water partition coefficient (Wildman–Crippen LogP) is 4.35. The van der Waals surface area contributed by atoms with Crippen molar-refractivity contribution in [3.8, 4) is 0 Å². The molecule has 3 fully saturated rings. The molecular weight excluding hydrogens is 304 g/mol. The number of carboxylic acids is 1. The minimum atomic E-state index is -0.620. The van der Waals surface area contributed by atoms with Gasteiger partial charge in [-0.2, -0.15) is 0 Å². The van der Waals surface area contributed by atoms with E-state index in [4.69, 9.17) is 9.78 Å². The average Bonchev–Trinajstić information content (AvgIpc) is 2.54. The predicted molar refractivity (Wildman–Crippen MR) is 90.1 cm³/mol. The zero-order valence-electron chi connectivity index (χ0n) is 15.3. The normalized spacial score (nSPS) is 50.2. The van der Waals surface area contributed by atoms with Crippen molar-refractivity contribution in [2.45, 2.75) is 77.9 Å². The molecule has 2 bridgehead atoms. The van der Waals surface area contributed by atoms with Crippen LogP contribution >= 0.6 is 0 Å². The fourth-order valence-corrected chi connectivity index (χ4v) is 6.61. The van der Waals surface area contributed by atoms with Crippen LogP contribution in [0.5, 0.6) is 0 Å². The third-order valence-corrected chi connectivity index (χ3v) is 7.89. The van der Waals surface area contributed by atoms with Crippen LogP contribution in [0, 0.1) is 28.6 Å². The van der Waals surface area contributed by atoms with Crippen LogP contribution in [0.4, 0.5) is 0 Å². The monoisotopic (exact) mass is 334 g/mol. The molecule has 6 atom stereocenters. The second-order valence-electron chi connectivity index (χ2n) is 9.38. The summed E-state index contributed by atoms with van der Waals surface area (Å²) >= 11 is 0. The van der Waals surface area contributed by atoms with E-state index < -0.39 is 11.4 Å². The number of hydrogen-bond acceptors (Lipinski definition) is 3. The Hall–Kier alpha value is -0.870. The van der Waals surface area contributed by atoms with Crippen LogP contribution in [0.3, 0.4) is 0 Å². The van der Waals surface area contributed by atoms with E-state index in [-0.39, 0.29) is 23.0 Å². The van der Waals surface area contributed by atoms with Crippen LogP contribution in [0.25, 0.3) is 0 Å². The van der Waals surface area contributed by atoms with Crippen LogP contribution in [0.1, 0.15) is 66.2 Å². The molecule has 0 radical (unpaired) electrons. The molecular formula is C20H30O4. The molecule has 3 aliphatic carbocycles. The van der Waals surface area contributed by atoms with Crippen molar-refractivity contribution in [2.75, 3.05) is 0 Å².